The van der Waals surface area contributed by atoms with Gasteiger partial charge in [0.25, 0.3) is 10.0 Å². The molecule has 0 radical (unpaired) electrons. The largest absolute Gasteiger partial charge is 0.357 e. The molecule has 1 N–H and O–H groups in total. The van der Waals surface area contributed by atoms with Crippen LogP contribution in [0.1, 0.15) is 31.2 Å². The Hall–Kier alpha value is -1.14. The topological polar surface area (TPSA) is 49.4 Å². The van der Waals surface area contributed by atoms with Crippen molar-refractivity contribution >= 4 is 27.4 Å². The van der Waals surface area contributed by atoms with E-state index in [4.69, 9.17) is 12.2 Å². The molecule has 0 spiro atoms. The monoisotopic (exact) mass is 310 g/mol. The fourth-order valence-electron chi connectivity index (χ4n) is 3.04. The van der Waals surface area contributed by atoms with E-state index < -0.39 is 10.0 Å². The molecule has 0 unspecified atom stereocenters. The maximum atomic E-state index is 12.8. The van der Waals surface area contributed by atoms with Gasteiger partial charge < -0.3 is 5.32 Å². The van der Waals surface area contributed by atoms with Crippen LogP contribution >= 0.6 is 12.2 Å². The third-order valence-electron chi connectivity index (χ3n) is 4.12. The normalized spacial score (nSPS) is 26.2. The van der Waals surface area contributed by atoms with Crippen molar-refractivity contribution in [3.63, 3.8) is 0 Å². The smallest absolute Gasteiger partial charge is 0.266 e. The van der Waals surface area contributed by atoms with Crippen LogP contribution in [0.5, 0.6) is 0 Å². The van der Waals surface area contributed by atoms with Crippen LogP contribution in [-0.2, 0) is 10.0 Å². The highest BCUT2D eigenvalue weighted by molar-refractivity contribution is 7.91. The highest BCUT2D eigenvalue weighted by atomic mass is 32.2. The fourth-order valence-corrected chi connectivity index (χ4v) is 5.21. The second-order valence-electron chi connectivity index (χ2n) is 5.52. The molecule has 1 aliphatic heterocycles. The molecule has 1 saturated heterocycles. The Bertz CT molecular complexity index is 625. The Labute approximate surface area is 125 Å². The van der Waals surface area contributed by atoms with Crippen molar-refractivity contribution in [3.8, 4) is 0 Å². The number of hydrogen-bond acceptors (Lipinski definition) is 3. The van der Waals surface area contributed by atoms with Crippen LogP contribution in [0.15, 0.2) is 29.2 Å². The van der Waals surface area contributed by atoms with Gasteiger partial charge in [0.1, 0.15) is 0 Å². The maximum Gasteiger partial charge on any atom is 0.266 e. The van der Waals surface area contributed by atoms with E-state index in [9.17, 15) is 8.42 Å². The molecular weight excluding hydrogens is 292 g/mol. The van der Waals surface area contributed by atoms with Crippen molar-refractivity contribution in [2.24, 2.45) is 0 Å². The van der Waals surface area contributed by atoms with Crippen molar-refractivity contribution in [3.05, 3.63) is 29.8 Å². The summed E-state index contributed by atoms with van der Waals surface area (Å²) in [5.74, 6) is 0. The number of rotatable bonds is 2. The molecule has 2 fully saturated rings. The number of benzene rings is 1. The summed E-state index contributed by atoms with van der Waals surface area (Å²) in [6.45, 7) is 1.94. The molecule has 4 nitrogen and oxygen atoms in total. The summed E-state index contributed by atoms with van der Waals surface area (Å²) >= 11 is 5.26. The van der Waals surface area contributed by atoms with Crippen LogP contribution in [0.4, 0.5) is 0 Å². The predicted molar refractivity (Wildman–Crippen MR) is 82.0 cm³/mol. The Balaban J connectivity index is 1.98. The summed E-state index contributed by atoms with van der Waals surface area (Å²) in [4.78, 5) is 0.318. The quantitative estimate of drug-likeness (QED) is 0.851. The Morgan fingerprint density at radius 2 is 1.85 bits per heavy atom. The molecule has 2 aliphatic rings. The molecule has 6 heteroatoms. The number of nitrogens with one attached hydrogen (secondary N) is 1. The second-order valence-corrected chi connectivity index (χ2v) is 7.72. The van der Waals surface area contributed by atoms with Gasteiger partial charge in [-0.2, -0.15) is 0 Å². The number of aryl methyl sites for hydroxylation is 1. The number of hydrogen-bond donors (Lipinski definition) is 1. The average Bonchev–Trinajstić information content (AvgIpc) is 2.75. The van der Waals surface area contributed by atoms with Gasteiger partial charge in [-0.3, -0.25) is 0 Å². The molecule has 3 rings (SSSR count). The zero-order valence-electron chi connectivity index (χ0n) is 11.4. The van der Waals surface area contributed by atoms with E-state index in [0.717, 1.165) is 31.2 Å². The number of thiocarbonyl (C=S) groups is 1. The van der Waals surface area contributed by atoms with Crippen LogP contribution in [0.3, 0.4) is 0 Å². The molecular formula is C14H18N2O2S2. The van der Waals surface area contributed by atoms with Gasteiger partial charge in [-0.15, -0.1) is 0 Å². The van der Waals surface area contributed by atoms with Crippen LogP contribution < -0.4 is 5.32 Å². The first-order chi connectivity index (χ1) is 9.50. The molecule has 1 aromatic carbocycles. The van der Waals surface area contributed by atoms with Crippen LogP contribution in [-0.4, -0.2) is 29.9 Å². The second kappa shape index (κ2) is 5.00. The summed E-state index contributed by atoms with van der Waals surface area (Å²) < 4.78 is 27.0. The van der Waals surface area contributed by atoms with E-state index >= 15 is 0 Å². The molecule has 0 amide bonds. The summed E-state index contributed by atoms with van der Waals surface area (Å²) in [5.41, 5.74) is 1.04. The molecule has 0 aromatic heterocycles. The van der Waals surface area contributed by atoms with Gasteiger partial charge in [0.05, 0.1) is 10.9 Å². The van der Waals surface area contributed by atoms with Gasteiger partial charge in [0, 0.05) is 6.04 Å². The number of fused-ring (bicyclic) bond motifs is 1. The lowest BCUT2D eigenvalue weighted by Crippen LogP contribution is -2.42. The van der Waals surface area contributed by atoms with Crippen LogP contribution in [0.25, 0.3) is 0 Å². The highest BCUT2D eigenvalue weighted by Crippen LogP contribution is 2.32. The lowest BCUT2D eigenvalue weighted by atomic mass is 9.92. The molecule has 108 valence electrons. The standard InChI is InChI=1S/C14H18N2O2S2/c1-10-6-8-11(9-7-10)20(17,18)16-13-5-3-2-4-12(13)15-14(16)19/h6-9,12-13H,2-5H2,1H3,(H,15,19)/t12-,13-/m1/s1. The minimum Gasteiger partial charge on any atom is -0.357 e. The minimum absolute atomic E-state index is 0.0254. The molecule has 20 heavy (non-hydrogen) atoms. The molecule has 1 saturated carbocycles. The zero-order valence-corrected chi connectivity index (χ0v) is 13.0. The zero-order chi connectivity index (χ0) is 14.3. The van der Waals surface area contributed by atoms with E-state index in [1.165, 1.54) is 4.31 Å². The molecule has 1 heterocycles. The Morgan fingerprint density at radius 3 is 2.55 bits per heavy atom. The van der Waals surface area contributed by atoms with Crippen molar-refractivity contribution in [1.29, 1.82) is 0 Å². The van der Waals surface area contributed by atoms with Crippen molar-refractivity contribution in [2.75, 3.05) is 0 Å². The van der Waals surface area contributed by atoms with Gasteiger partial charge in [0.15, 0.2) is 5.11 Å². The number of sulfonamides is 1. The summed E-state index contributed by atoms with van der Waals surface area (Å²) in [6, 6.07) is 7.10. The molecule has 1 aliphatic carbocycles. The Morgan fingerprint density at radius 1 is 1.20 bits per heavy atom. The third kappa shape index (κ3) is 2.20. The first-order valence-electron chi connectivity index (χ1n) is 6.92. The molecule has 0 bridgehead atoms. The van der Waals surface area contributed by atoms with E-state index in [-0.39, 0.29) is 12.1 Å². The van der Waals surface area contributed by atoms with E-state index in [1.807, 2.05) is 19.1 Å². The third-order valence-corrected chi connectivity index (χ3v) is 6.39. The average molecular weight is 310 g/mol. The lowest BCUT2D eigenvalue weighted by molar-refractivity contribution is 0.315. The van der Waals surface area contributed by atoms with Crippen molar-refractivity contribution in [2.45, 2.75) is 49.6 Å². The SMILES string of the molecule is Cc1ccc(S(=O)(=O)N2C(=S)N[C@@H]3CCCC[C@H]32)cc1. The van der Waals surface area contributed by atoms with Gasteiger partial charge in [-0.1, -0.05) is 30.5 Å². The van der Waals surface area contributed by atoms with Gasteiger partial charge >= 0.3 is 0 Å². The first-order valence-corrected chi connectivity index (χ1v) is 8.76. The minimum atomic E-state index is -3.55. The van der Waals surface area contributed by atoms with Crippen LogP contribution in [0.2, 0.25) is 0 Å². The Kier molecular flexibility index (Phi) is 3.46. The van der Waals surface area contributed by atoms with Crippen molar-refractivity contribution in [1.82, 2.24) is 9.62 Å². The van der Waals surface area contributed by atoms with E-state index in [0.29, 0.717) is 10.0 Å². The van der Waals surface area contributed by atoms with Gasteiger partial charge in [0.2, 0.25) is 0 Å². The van der Waals surface area contributed by atoms with Gasteiger partial charge in [-0.05, 0) is 44.1 Å². The van der Waals surface area contributed by atoms with Gasteiger partial charge in [-0.25, -0.2) is 12.7 Å². The summed E-state index contributed by atoms with van der Waals surface area (Å²) in [6.07, 6.45) is 4.06. The summed E-state index contributed by atoms with van der Waals surface area (Å²) in [5, 5.41) is 3.52. The van der Waals surface area contributed by atoms with E-state index in [1.54, 1.807) is 12.1 Å². The van der Waals surface area contributed by atoms with Crippen molar-refractivity contribution < 1.29 is 8.42 Å². The molecule has 2 atom stereocenters. The highest BCUT2D eigenvalue weighted by Gasteiger charge is 2.44. The maximum absolute atomic E-state index is 12.8. The van der Waals surface area contributed by atoms with E-state index in [2.05, 4.69) is 5.32 Å². The predicted octanol–water partition coefficient (Wildman–Crippen LogP) is 2.19. The fraction of sp³-hybridized carbons (Fsp3) is 0.500. The van der Waals surface area contributed by atoms with Crippen LogP contribution in [0, 0.1) is 6.92 Å². The summed E-state index contributed by atoms with van der Waals surface area (Å²) in [7, 11) is -3.55. The lowest BCUT2D eigenvalue weighted by Gasteiger charge is -2.30. The number of nitrogens with zero attached hydrogens (tertiary/aromatic N) is 1. The first kappa shape index (κ1) is 13.8. The molecule has 1 aromatic rings.